The highest BCUT2D eigenvalue weighted by Gasteiger charge is 2.72. The molecule has 1 saturated heterocycles. The summed E-state index contributed by atoms with van der Waals surface area (Å²) in [6.07, 6.45) is -5.85. The van der Waals surface area contributed by atoms with Gasteiger partial charge in [-0.2, -0.15) is 18.4 Å². The lowest BCUT2D eigenvalue weighted by atomic mass is 10.0. The molecule has 2 saturated carbocycles. The van der Waals surface area contributed by atoms with Crippen LogP contribution in [-0.4, -0.2) is 59.8 Å². The van der Waals surface area contributed by atoms with Gasteiger partial charge in [-0.25, -0.2) is 8.42 Å². The van der Waals surface area contributed by atoms with Gasteiger partial charge in [-0.3, -0.25) is 14.5 Å². The molecule has 1 aliphatic heterocycles. The first kappa shape index (κ1) is 27.3. The lowest BCUT2D eigenvalue weighted by Gasteiger charge is -2.32. The zero-order chi connectivity index (χ0) is 28.2. The average Bonchev–Trinajstić information content (AvgIpc) is 3.85. The van der Waals surface area contributed by atoms with Crippen LogP contribution in [0.4, 0.5) is 13.2 Å². The van der Waals surface area contributed by atoms with Crippen LogP contribution in [0.2, 0.25) is 0 Å². The third kappa shape index (κ3) is 4.52. The molecule has 0 bridgehead atoms. The van der Waals surface area contributed by atoms with E-state index < -0.39 is 62.9 Å². The van der Waals surface area contributed by atoms with E-state index in [0.29, 0.717) is 16.0 Å². The summed E-state index contributed by atoms with van der Waals surface area (Å²) in [5.74, 6) is -2.42. The number of nitrogens with one attached hydrogen (secondary N) is 1. The summed E-state index contributed by atoms with van der Waals surface area (Å²) in [4.78, 5) is 27.0. The highest BCUT2D eigenvalue weighted by Crippen LogP contribution is 2.60. The van der Waals surface area contributed by atoms with Crippen molar-refractivity contribution in [3.8, 4) is 17.2 Å². The van der Waals surface area contributed by atoms with Gasteiger partial charge in [-0.1, -0.05) is 36.4 Å². The van der Waals surface area contributed by atoms with Crippen molar-refractivity contribution in [1.29, 1.82) is 5.26 Å². The second-order valence-electron chi connectivity index (χ2n) is 10.4. The smallest absolute Gasteiger partial charge is 0.392 e. The van der Waals surface area contributed by atoms with Crippen LogP contribution in [0.3, 0.4) is 0 Å². The second kappa shape index (κ2) is 9.43. The zero-order valence-electron chi connectivity index (χ0n) is 20.7. The number of nitrogens with zero attached hydrogens (tertiary/aromatic N) is 2. The molecule has 2 aromatic carbocycles. The maximum Gasteiger partial charge on any atom is 0.403 e. The van der Waals surface area contributed by atoms with Crippen LogP contribution in [0, 0.1) is 16.7 Å². The van der Waals surface area contributed by atoms with E-state index >= 15 is 0 Å². The van der Waals surface area contributed by atoms with Gasteiger partial charge in [0.1, 0.15) is 11.0 Å². The lowest BCUT2D eigenvalue weighted by molar-refractivity contribution is -0.200. The Labute approximate surface area is 223 Å². The van der Waals surface area contributed by atoms with Gasteiger partial charge in [0, 0.05) is 6.54 Å². The van der Waals surface area contributed by atoms with Gasteiger partial charge in [-0.05, 0) is 60.9 Å². The first-order valence-electron chi connectivity index (χ1n) is 12.5. The average molecular weight is 562 g/mol. The van der Waals surface area contributed by atoms with Gasteiger partial charge in [0.2, 0.25) is 11.8 Å². The standard InChI is InChI=1S/C27H26F3N3O5S/c28-27(29,30)26(11-12-26)24(36)33(25(16-31)9-10-25)23(35)22-13-20(14-32-22)39(37,38)19-7-5-17(6-8-19)21-4-2-1-3-18(21)15-34/h1-8,20,22,32,34H,9-15H2/t20-,22+/m1/s1. The van der Waals surface area contributed by atoms with E-state index in [1.807, 2.05) is 6.07 Å². The summed E-state index contributed by atoms with van der Waals surface area (Å²) >= 11 is 0. The Bertz CT molecular complexity index is 1460. The molecule has 3 fully saturated rings. The minimum Gasteiger partial charge on any atom is -0.392 e. The van der Waals surface area contributed by atoms with Crippen molar-refractivity contribution >= 4 is 21.7 Å². The number of halogens is 3. The summed E-state index contributed by atoms with van der Waals surface area (Å²) in [6.45, 7) is -0.323. The van der Waals surface area contributed by atoms with Crippen LogP contribution in [0.25, 0.3) is 11.1 Å². The predicted molar refractivity (Wildman–Crippen MR) is 132 cm³/mol. The Kier molecular flexibility index (Phi) is 6.60. The summed E-state index contributed by atoms with van der Waals surface area (Å²) in [5, 5.41) is 20.9. The van der Waals surface area contributed by atoms with Crippen molar-refractivity contribution in [2.45, 2.75) is 66.6 Å². The van der Waals surface area contributed by atoms with Crippen molar-refractivity contribution in [1.82, 2.24) is 10.2 Å². The number of nitriles is 1. The fourth-order valence-corrected chi connectivity index (χ4v) is 6.87. The Morgan fingerprint density at radius 1 is 1.08 bits per heavy atom. The van der Waals surface area contributed by atoms with Gasteiger partial charge >= 0.3 is 6.18 Å². The molecule has 2 atom stereocenters. The molecular weight excluding hydrogens is 535 g/mol. The molecule has 0 aromatic heterocycles. The molecule has 0 unspecified atom stereocenters. The van der Waals surface area contributed by atoms with Crippen LogP contribution in [-0.2, 0) is 26.0 Å². The number of sulfone groups is 1. The van der Waals surface area contributed by atoms with Crippen LogP contribution < -0.4 is 5.32 Å². The van der Waals surface area contributed by atoms with E-state index in [2.05, 4.69) is 5.32 Å². The normalized spacial score (nSPS) is 23.1. The van der Waals surface area contributed by atoms with Crippen LogP contribution >= 0.6 is 0 Å². The fourth-order valence-electron chi connectivity index (χ4n) is 5.21. The summed E-state index contributed by atoms with van der Waals surface area (Å²) < 4.78 is 67.8. The molecule has 2 aromatic rings. The van der Waals surface area contributed by atoms with Crippen molar-refractivity contribution in [2.75, 3.05) is 6.54 Å². The Hall–Kier alpha value is -3.27. The number of benzene rings is 2. The molecule has 3 aliphatic rings. The SMILES string of the molecule is N#CC1(N(C(=O)[C@@H]2C[C@@H](S(=O)(=O)c3ccc(-c4ccccc4CO)cc3)CN2)C(=O)C2(C(F)(F)F)CC2)CC1. The van der Waals surface area contributed by atoms with Gasteiger partial charge in [0.15, 0.2) is 9.84 Å². The Morgan fingerprint density at radius 2 is 1.72 bits per heavy atom. The van der Waals surface area contributed by atoms with E-state index in [4.69, 9.17) is 0 Å². The molecule has 0 spiro atoms. The maximum atomic E-state index is 13.7. The van der Waals surface area contributed by atoms with Gasteiger partial charge in [-0.15, -0.1) is 0 Å². The Balaban J connectivity index is 1.35. The molecular formula is C27H26F3N3O5S. The highest BCUT2D eigenvalue weighted by molar-refractivity contribution is 7.92. The van der Waals surface area contributed by atoms with E-state index in [1.54, 1.807) is 36.4 Å². The minimum atomic E-state index is -4.85. The minimum absolute atomic E-state index is 0.00486. The van der Waals surface area contributed by atoms with Gasteiger partial charge < -0.3 is 10.4 Å². The summed E-state index contributed by atoms with van der Waals surface area (Å²) in [5.41, 5.74) is -2.17. The number of hydrogen-bond acceptors (Lipinski definition) is 7. The third-order valence-corrected chi connectivity index (χ3v) is 10.2. The number of aliphatic hydroxyl groups is 1. The van der Waals surface area contributed by atoms with E-state index in [9.17, 15) is 41.5 Å². The monoisotopic (exact) mass is 561 g/mol. The van der Waals surface area contributed by atoms with Crippen LogP contribution in [0.15, 0.2) is 53.4 Å². The fraction of sp³-hybridized carbons (Fsp3) is 0.444. The molecule has 39 heavy (non-hydrogen) atoms. The summed E-state index contributed by atoms with van der Waals surface area (Å²) in [6, 6.07) is 13.8. The number of amides is 2. The van der Waals surface area contributed by atoms with E-state index in [0.717, 1.165) is 5.56 Å². The van der Waals surface area contributed by atoms with Crippen molar-refractivity contribution in [3.63, 3.8) is 0 Å². The molecule has 2 aliphatic carbocycles. The number of aliphatic hydroxyl groups excluding tert-OH is 1. The molecule has 1 heterocycles. The summed E-state index contributed by atoms with van der Waals surface area (Å²) in [7, 11) is -3.94. The number of carbonyl (C=O) groups is 2. The number of hydrogen-bond donors (Lipinski definition) is 2. The topological polar surface area (TPSA) is 128 Å². The largest absolute Gasteiger partial charge is 0.403 e. The molecule has 5 rings (SSSR count). The molecule has 2 N–H and O–H groups in total. The first-order chi connectivity index (χ1) is 18.4. The quantitative estimate of drug-likeness (QED) is 0.498. The molecule has 2 amide bonds. The number of imide groups is 1. The number of alkyl halides is 3. The van der Waals surface area contributed by atoms with Crippen molar-refractivity contribution in [3.05, 3.63) is 54.1 Å². The Morgan fingerprint density at radius 3 is 2.26 bits per heavy atom. The number of carbonyl (C=O) groups excluding carboxylic acids is 2. The molecule has 0 radical (unpaired) electrons. The van der Waals surface area contributed by atoms with Gasteiger partial charge in [0.05, 0.1) is 28.9 Å². The van der Waals surface area contributed by atoms with Crippen LogP contribution in [0.5, 0.6) is 0 Å². The molecule has 12 heteroatoms. The lowest BCUT2D eigenvalue weighted by Crippen LogP contribution is -2.56. The predicted octanol–water partition coefficient (Wildman–Crippen LogP) is 3.10. The van der Waals surface area contributed by atoms with Crippen molar-refractivity contribution < 1.29 is 36.3 Å². The zero-order valence-corrected chi connectivity index (χ0v) is 21.6. The maximum absolute atomic E-state index is 13.7. The van der Waals surface area contributed by atoms with Gasteiger partial charge in [0.25, 0.3) is 0 Å². The first-order valence-corrected chi connectivity index (χ1v) is 14.1. The van der Waals surface area contributed by atoms with E-state index in [-0.39, 0.29) is 37.3 Å². The number of rotatable bonds is 7. The molecule has 206 valence electrons. The third-order valence-electron chi connectivity index (χ3n) is 7.99. The second-order valence-corrected chi connectivity index (χ2v) is 12.6. The highest BCUT2D eigenvalue weighted by atomic mass is 32.2. The molecule has 8 nitrogen and oxygen atoms in total. The van der Waals surface area contributed by atoms with E-state index in [1.165, 1.54) is 12.1 Å². The van der Waals surface area contributed by atoms with Crippen molar-refractivity contribution in [2.24, 2.45) is 5.41 Å². The van der Waals surface area contributed by atoms with Crippen LogP contribution in [0.1, 0.15) is 37.7 Å².